The summed E-state index contributed by atoms with van der Waals surface area (Å²) in [4.78, 5) is 0. The van der Waals surface area contributed by atoms with Crippen LogP contribution in [0.1, 0.15) is 5.56 Å². The van der Waals surface area contributed by atoms with Gasteiger partial charge < -0.3 is 9.30 Å². The number of hydrogen-bond donors (Lipinski definition) is 0. The normalized spacial score (nSPS) is 10.8. The zero-order chi connectivity index (χ0) is 16.6. The van der Waals surface area contributed by atoms with Gasteiger partial charge >= 0.3 is 0 Å². The lowest BCUT2D eigenvalue weighted by molar-refractivity contribution is 0.415. The SMILES string of the molecule is COc1ccc(-c2c(Br)c(Br)c(-c3ccc(C)cc3)n2C)cc1. The third kappa shape index (κ3) is 2.98. The van der Waals surface area contributed by atoms with Crippen LogP contribution in [-0.4, -0.2) is 11.7 Å². The van der Waals surface area contributed by atoms with Crippen LogP contribution in [0.15, 0.2) is 57.5 Å². The fourth-order valence-electron chi connectivity index (χ4n) is 2.72. The van der Waals surface area contributed by atoms with Gasteiger partial charge in [0.25, 0.3) is 0 Å². The molecule has 0 amide bonds. The second kappa shape index (κ2) is 6.54. The highest BCUT2D eigenvalue weighted by molar-refractivity contribution is 9.13. The van der Waals surface area contributed by atoms with Crippen molar-refractivity contribution in [2.24, 2.45) is 7.05 Å². The Morgan fingerprint density at radius 2 is 1.22 bits per heavy atom. The zero-order valence-corrected chi connectivity index (χ0v) is 16.4. The Bertz CT molecular complexity index is 833. The molecule has 3 aromatic rings. The minimum atomic E-state index is 0.858. The first-order valence-electron chi connectivity index (χ1n) is 7.28. The van der Waals surface area contributed by atoms with Crippen LogP contribution < -0.4 is 4.74 Å². The van der Waals surface area contributed by atoms with Gasteiger partial charge in [-0.3, -0.25) is 0 Å². The second-order valence-corrected chi connectivity index (χ2v) is 7.06. The van der Waals surface area contributed by atoms with Gasteiger partial charge in [-0.25, -0.2) is 0 Å². The largest absolute Gasteiger partial charge is 0.497 e. The van der Waals surface area contributed by atoms with Crippen molar-refractivity contribution in [1.82, 2.24) is 4.57 Å². The molecule has 0 bridgehead atoms. The molecule has 0 aliphatic heterocycles. The standard InChI is InChI=1S/C19H17Br2NO/c1-12-4-6-13(7-5-12)18-16(20)17(21)19(22(18)2)14-8-10-15(23-3)11-9-14/h4-11H,1-3H3. The van der Waals surface area contributed by atoms with Gasteiger partial charge in [0.2, 0.25) is 0 Å². The van der Waals surface area contributed by atoms with Gasteiger partial charge in [-0.2, -0.15) is 0 Å². The van der Waals surface area contributed by atoms with Crippen LogP contribution >= 0.6 is 31.9 Å². The summed E-state index contributed by atoms with van der Waals surface area (Å²) in [7, 11) is 3.77. The number of nitrogens with zero attached hydrogens (tertiary/aromatic N) is 1. The van der Waals surface area contributed by atoms with Crippen LogP contribution in [0, 0.1) is 6.92 Å². The van der Waals surface area contributed by atoms with Crippen molar-refractivity contribution >= 4 is 31.9 Å². The molecule has 0 saturated heterocycles. The molecule has 0 aliphatic carbocycles. The molecule has 1 aromatic heterocycles. The molecular formula is C19H17Br2NO. The van der Waals surface area contributed by atoms with Crippen molar-refractivity contribution in [3.05, 3.63) is 63.0 Å². The van der Waals surface area contributed by atoms with Gasteiger partial charge in [0.15, 0.2) is 0 Å². The van der Waals surface area contributed by atoms with E-state index < -0.39 is 0 Å². The molecule has 0 fully saturated rings. The highest BCUT2D eigenvalue weighted by atomic mass is 79.9. The maximum atomic E-state index is 5.25. The van der Waals surface area contributed by atoms with E-state index in [2.05, 4.69) is 86.8 Å². The van der Waals surface area contributed by atoms with Gasteiger partial charge in [-0.05, 0) is 74.2 Å². The molecule has 0 saturated carbocycles. The first kappa shape index (κ1) is 16.3. The summed E-state index contributed by atoms with van der Waals surface area (Å²) < 4.78 is 9.58. The Morgan fingerprint density at radius 3 is 1.65 bits per heavy atom. The number of aryl methyl sites for hydroxylation is 1. The van der Waals surface area contributed by atoms with E-state index in [1.54, 1.807) is 7.11 Å². The van der Waals surface area contributed by atoms with Crippen molar-refractivity contribution in [3.8, 4) is 28.3 Å². The topological polar surface area (TPSA) is 14.2 Å². The summed E-state index contributed by atoms with van der Waals surface area (Å²) in [5, 5.41) is 0. The molecule has 4 heteroatoms. The van der Waals surface area contributed by atoms with Gasteiger partial charge in [-0.15, -0.1) is 0 Å². The van der Waals surface area contributed by atoms with E-state index >= 15 is 0 Å². The quantitative estimate of drug-likeness (QED) is 0.478. The Labute approximate surface area is 153 Å². The summed E-state index contributed by atoms with van der Waals surface area (Å²) in [5.74, 6) is 0.858. The fraction of sp³-hybridized carbons (Fsp3) is 0.158. The van der Waals surface area contributed by atoms with Crippen LogP contribution in [0.4, 0.5) is 0 Å². The van der Waals surface area contributed by atoms with Crippen molar-refractivity contribution in [2.45, 2.75) is 6.92 Å². The first-order chi connectivity index (χ1) is 11.0. The summed E-state index contributed by atoms with van der Waals surface area (Å²) in [5.41, 5.74) is 5.87. The third-order valence-corrected chi connectivity index (χ3v) is 6.04. The van der Waals surface area contributed by atoms with E-state index in [1.165, 1.54) is 11.1 Å². The smallest absolute Gasteiger partial charge is 0.118 e. The summed E-state index contributed by atoms with van der Waals surface area (Å²) >= 11 is 7.48. The number of ether oxygens (including phenoxy) is 1. The van der Waals surface area contributed by atoms with Crippen molar-refractivity contribution in [3.63, 3.8) is 0 Å². The molecule has 1 heterocycles. The molecule has 0 aliphatic rings. The Morgan fingerprint density at radius 1 is 0.783 bits per heavy atom. The number of rotatable bonds is 3. The first-order valence-corrected chi connectivity index (χ1v) is 8.86. The lowest BCUT2D eigenvalue weighted by atomic mass is 10.1. The number of methoxy groups -OCH3 is 1. The van der Waals surface area contributed by atoms with E-state index in [0.717, 1.165) is 31.6 Å². The maximum Gasteiger partial charge on any atom is 0.118 e. The highest BCUT2D eigenvalue weighted by Crippen LogP contribution is 2.43. The predicted molar refractivity (Wildman–Crippen MR) is 103 cm³/mol. The van der Waals surface area contributed by atoms with Crippen LogP contribution in [-0.2, 0) is 7.05 Å². The van der Waals surface area contributed by atoms with Gasteiger partial charge in [-0.1, -0.05) is 29.8 Å². The minimum absolute atomic E-state index is 0.858. The fourth-order valence-corrected chi connectivity index (χ4v) is 4.08. The van der Waals surface area contributed by atoms with E-state index in [9.17, 15) is 0 Å². The molecule has 118 valence electrons. The predicted octanol–water partition coefficient (Wildman–Crippen LogP) is 6.20. The summed E-state index contributed by atoms with van der Waals surface area (Å²) in [6.07, 6.45) is 0. The Balaban J connectivity index is 2.15. The van der Waals surface area contributed by atoms with Crippen LogP contribution in [0.5, 0.6) is 5.75 Å². The molecule has 2 nitrogen and oxygen atoms in total. The van der Waals surface area contributed by atoms with Crippen LogP contribution in [0.3, 0.4) is 0 Å². The molecule has 23 heavy (non-hydrogen) atoms. The lowest BCUT2D eigenvalue weighted by Crippen LogP contribution is -1.95. The van der Waals surface area contributed by atoms with Gasteiger partial charge in [0, 0.05) is 7.05 Å². The van der Waals surface area contributed by atoms with Crippen LogP contribution in [0.25, 0.3) is 22.5 Å². The van der Waals surface area contributed by atoms with Crippen molar-refractivity contribution in [2.75, 3.05) is 7.11 Å². The second-order valence-electron chi connectivity index (χ2n) is 5.48. The third-order valence-electron chi connectivity index (χ3n) is 3.97. The van der Waals surface area contributed by atoms with E-state index in [4.69, 9.17) is 4.74 Å². The molecule has 0 N–H and O–H groups in total. The average Bonchev–Trinajstić information content (AvgIpc) is 2.78. The minimum Gasteiger partial charge on any atom is -0.497 e. The maximum absolute atomic E-state index is 5.25. The van der Waals surface area contributed by atoms with E-state index in [0.29, 0.717) is 0 Å². The molecule has 3 rings (SSSR count). The lowest BCUT2D eigenvalue weighted by Gasteiger charge is -2.09. The molecule has 0 radical (unpaired) electrons. The number of hydrogen-bond acceptors (Lipinski definition) is 1. The van der Waals surface area contributed by atoms with Crippen LogP contribution in [0.2, 0.25) is 0 Å². The number of benzene rings is 2. The molecule has 2 aromatic carbocycles. The number of aromatic nitrogens is 1. The van der Waals surface area contributed by atoms with Crippen molar-refractivity contribution in [1.29, 1.82) is 0 Å². The summed E-state index contributed by atoms with van der Waals surface area (Å²) in [6.45, 7) is 2.10. The summed E-state index contributed by atoms with van der Waals surface area (Å²) in [6, 6.07) is 16.7. The molecule has 0 unspecified atom stereocenters. The van der Waals surface area contributed by atoms with Crippen molar-refractivity contribution < 1.29 is 4.74 Å². The molecular weight excluding hydrogens is 418 g/mol. The number of halogens is 2. The van der Waals surface area contributed by atoms with Gasteiger partial charge in [0.1, 0.15) is 5.75 Å². The Hall–Kier alpha value is -1.52. The molecule has 0 spiro atoms. The zero-order valence-electron chi connectivity index (χ0n) is 13.2. The molecule has 0 atom stereocenters. The highest BCUT2D eigenvalue weighted by Gasteiger charge is 2.20. The van der Waals surface area contributed by atoms with E-state index in [-0.39, 0.29) is 0 Å². The Kier molecular flexibility index (Phi) is 4.64. The van der Waals surface area contributed by atoms with Gasteiger partial charge in [0.05, 0.1) is 27.4 Å². The van der Waals surface area contributed by atoms with E-state index in [1.807, 2.05) is 12.1 Å². The monoisotopic (exact) mass is 433 g/mol. The average molecular weight is 435 g/mol.